The molecule has 2 bridgehead atoms. The number of hydrogen-bond donors (Lipinski definition) is 6. The minimum atomic E-state index is -1.12. The van der Waals surface area contributed by atoms with Gasteiger partial charge in [0.2, 0.25) is 29.5 Å². The van der Waals surface area contributed by atoms with Gasteiger partial charge in [0.25, 0.3) is 0 Å². The summed E-state index contributed by atoms with van der Waals surface area (Å²) in [7, 11) is 4.89. The van der Waals surface area contributed by atoms with Gasteiger partial charge in [0.1, 0.15) is 5.60 Å². The first-order valence-electron chi connectivity index (χ1n) is 35.5. The van der Waals surface area contributed by atoms with Crippen molar-refractivity contribution in [2.24, 2.45) is 12.2 Å². The summed E-state index contributed by atoms with van der Waals surface area (Å²) in [5.41, 5.74) is 14.9. The fraction of sp³-hybridized carbons (Fsp3) is 0.560. The average molecular weight is 1370 g/mol. The number of carbonyl (C=O) groups excluding carboxylic acids is 6. The van der Waals surface area contributed by atoms with E-state index in [9.17, 15) is 43.2 Å². The van der Waals surface area contributed by atoms with E-state index in [0.29, 0.717) is 81.8 Å². The second-order valence-electron chi connectivity index (χ2n) is 27.4. The van der Waals surface area contributed by atoms with E-state index < -0.39 is 40.5 Å². The molecule has 3 aliphatic carbocycles. The number of likely N-dealkylation sites (N-methyl/N-ethyl adjacent to an activating group) is 2. The van der Waals surface area contributed by atoms with Crippen molar-refractivity contribution in [3.05, 3.63) is 143 Å². The molecular weight excluding hydrogens is 1260 g/mol. The maximum absolute atomic E-state index is 14.5. The third-order valence-electron chi connectivity index (χ3n) is 18.6. The normalized spacial score (nSPS) is 16.2. The number of aryl methyl sites for hydroxylation is 1. The molecule has 2 unspecified atom stereocenters. The lowest BCUT2D eigenvalue weighted by Crippen LogP contribution is -2.43. The molecule has 4 aliphatic rings. The summed E-state index contributed by atoms with van der Waals surface area (Å²) in [4.78, 5) is 120. The number of ether oxygens (including phenoxy) is 2. The smallest absolute Gasteiger partial charge is 0.422 e. The first-order valence-corrected chi connectivity index (χ1v) is 35.5. The second kappa shape index (κ2) is 37.9. The molecule has 2 heterocycles. The summed E-state index contributed by atoms with van der Waals surface area (Å²) >= 11 is 0. The summed E-state index contributed by atoms with van der Waals surface area (Å²) in [5.74, 6) is -2.52. The Balaban J connectivity index is 0.000000749. The average Bonchev–Trinajstić information content (AvgIpc) is 0.743. The summed E-state index contributed by atoms with van der Waals surface area (Å²) in [6, 6.07) is 21.7. The molecule has 1 fully saturated rings. The van der Waals surface area contributed by atoms with Gasteiger partial charge in [-0.05, 0) is 153 Å². The van der Waals surface area contributed by atoms with Gasteiger partial charge < -0.3 is 55.4 Å². The molecule has 0 saturated carbocycles. The minimum Gasteiger partial charge on any atom is -0.478 e. The van der Waals surface area contributed by atoms with Crippen LogP contribution in [0.3, 0.4) is 0 Å². The van der Waals surface area contributed by atoms with Gasteiger partial charge in [-0.2, -0.15) is 0 Å². The van der Waals surface area contributed by atoms with Crippen LogP contribution >= 0.6 is 0 Å². The van der Waals surface area contributed by atoms with Crippen LogP contribution in [-0.2, 0) is 45.9 Å². The van der Waals surface area contributed by atoms with Crippen molar-refractivity contribution in [2.45, 2.75) is 211 Å². The van der Waals surface area contributed by atoms with E-state index in [4.69, 9.17) is 20.1 Å². The van der Waals surface area contributed by atoms with Gasteiger partial charge in [-0.1, -0.05) is 121 Å². The van der Waals surface area contributed by atoms with Gasteiger partial charge >= 0.3 is 23.4 Å². The second-order valence-corrected chi connectivity index (χ2v) is 27.4. The topological polar surface area (TPSA) is 326 Å². The molecule has 0 spiro atoms. The predicted octanol–water partition coefficient (Wildman–Crippen LogP) is 13.0. The SMILES string of the molecule is CCCCCCCCC(=O)Nc1ccc2c(c1)C1(CCC(=O)N(C)CCOCCN(C)C(=O)C3CC(N=[N+]=[N-])CN3)c3cc(NC(=O)CCCCCCCC)ccc3C2c2ccc(NC(=O)CCCCCCCNC(=O)OC(C)(C)C)cc21.Cn1c(=O)oc(=O)c2ccc(C(=O)O)cc21. The zero-order chi connectivity index (χ0) is 71.7. The van der Waals surface area contributed by atoms with Gasteiger partial charge in [-0.25, -0.2) is 19.2 Å². The van der Waals surface area contributed by atoms with Crippen molar-refractivity contribution in [1.82, 2.24) is 25.0 Å². The maximum atomic E-state index is 14.5. The molecule has 6 N–H and O–H groups in total. The lowest BCUT2D eigenvalue weighted by Gasteiger charge is -2.51. The number of hydrogen-bond acceptors (Lipinski definition) is 14. The Morgan fingerprint density at radius 2 is 1.16 bits per heavy atom. The molecule has 1 saturated heterocycles. The van der Waals surface area contributed by atoms with Crippen LogP contribution in [0.4, 0.5) is 21.9 Å². The van der Waals surface area contributed by atoms with Crippen LogP contribution in [0.25, 0.3) is 21.3 Å². The minimum absolute atomic E-state index is 0.00750. The number of nitrogens with one attached hydrogen (secondary N) is 5. The number of aromatic carboxylic acids is 1. The van der Waals surface area contributed by atoms with Gasteiger partial charge in [0, 0.05) is 106 Å². The molecule has 1 aliphatic heterocycles. The van der Waals surface area contributed by atoms with E-state index in [1.165, 1.54) is 50.9 Å². The van der Waals surface area contributed by atoms with Crippen molar-refractivity contribution in [3.63, 3.8) is 0 Å². The van der Waals surface area contributed by atoms with Crippen molar-refractivity contribution in [3.8, 4) is 0 Å². The molecule has 1 aromatic heterocycles. The number of nitrogens with zero attached hydrogens (tertiary/aromatic N) is 6. The van der Waals surface area contributed by atoms with Crippen LogP contribution in [0.5, 0.6) is 0 Å². The Bertz CT molecular complexity index is 3710. The Morgan fingerprint density at radius 3 is 1.65 bits per heavy atom. The lowest BCUT2D eigenvalue weighted by atomic mass is 9.51. The van der Waals surface area contributed by atoms with Gasteiger partial charge in [0.05, 0.1) is 41.8 Å². The maximum Gasteiger partial charge on any atom is 0.422 e. The van der Waals surface area contributed by atoms with E-state index in [1.807, 2.05) is 39.0 Å². The van der Waals surface area contributed by atoms with Crippen molar-refractivity contribution >= 4 is 69.6 Å². The number of aromatic nitrogens is 1. The Hall–Kier alpha value is -8.86. The molecule has 24 heteroatoms. The zero-order valence-corrected chi connectivity index (χ0v) is 59.2. The molecule has 5 aromatic rings. The Labute approximate surface area is 580 Å². The van der Waals surface area contributed by atoms with Crippen molar-refractivity contribution in [2.75, 3.05) is 69.4 Å². The molecular formula is C75H103N11O13. The molecule has 9 rings (SSSR count). The Morgan fingerprint density at radius 1 is 0.677 bits per heavy atom. The number of amides is 6. The molecule has 4 aromatic carbocycles. The molecule has 536 valence electrons. The number of carbonyl (C=O) groups is 7. The quantitative estimate of drug-likeness (QED) is 0.00932. The van der Waals surface area contributed by atoms with E-state index in [1.54, 1.807) is 23.9 Å². The highest BCUT2D eigenvalue weighted by atomic mass is 16.6. The predicted molar refractivity (Wildman–Crippen MR) is 383 cm³/mol. The summed E-state index contributed by atoms with van der Waals surface area (Å²) in [5, 5.41) is 28.3. The Kier molecular flexibility index (Phi) is 29.7. The molecule has 2 atom stereocenters. The van der Waals surface area contributed by atoms with E-state index in [-0.39, 0.29) is 77.6 Å². The lowest BCUT2D eigenvalue weighted by molar-refractivity contribution is -0.132. The largest absolute Gasteiger partial charge is 0.478 e. The highest BCUT2D eigenvalue weighted by Crippen LogP contribution is 2.62. The van der Waals surface area contributed by atoms with E-state index in [0.717, 1.165) is 115 Å². The molecule has 99 heavy (non-hydrogen) atoms. The third kappa shape index (κ3) is 22.1. The van der Waals surface area contributed by atoms with Gasteiger partial charge in [0.15, 0.2) is 0 Å². The van der Waals surface area contributed by atoms with Crippen molar-refractivity contribution < 1.29 is 52.6 Å². The van der Waals surface area contributed by atoms with E-state index in [2.05, 4.69) is 91.3 Å². The number of rotatable bonds is 37. The molecule has 6 amide bonds. The highest BCUT2D eigenvalue weighted by Gasteiger charge is 2.52. The standard InChI is InChI=1S/C65H96N10O8.C10H7NO5/c1-8-10-12-14-17-21-25-57(76)69-46-28-31-50-53(41-46)65(35-34-60(79)74(6)37-39-82-40-38-75(7)62(80)56-44-49(45-68-56)72-73-66)54-42-47(70-58(77)26-22-18-15-13-11-9-2)29-32-51(54)61(50)52-33-30-48(43-55(52)65)71-59(78)27-23-19-16-20-24-36-67-63(81)83-64(3,4)5;1-11-7-4-5(8(12)13)2-3-6(7)9(14)16-10(11)15/h28-33,41-43,49,56,61,68H,8-27,34-40,44-45H2,1-7H3,(H,67,81)(H,69,76)(H,70,77)(H,71,78);2-4H,1H3,(H,12,13). The van der Waals surface area contributed by atoms with Gasteiger partial charge in [-0.3, -0.25) is 28.5 Å². The fourth-order valence-corrected chi connectivity index (χ4v) is 13.3. The van der Waals surface area contributed by atoms with E-state index >= 15 is 0 Å². The molecule has 24 nitrogen and oxygen atoms in total. The monoisotopic (exact) mass is 1370 g/mol. The van der Waals surface area contributed by atoms with Crippen LogP contribution in [-0.4, -0.2) is 132 Å². The summed E-state index contributed by atoms with van der Waals surface area (Å²) < 4.78 is 16.8. The summed E-state index contributed by atoms with van der Waals surface area (Å²) in [6.07, 6.45) is 18.8. The van der Waals surface area contributed by atoms with Crippen LogP contribution < -0.4 is 38.0 Å². The van der Waals surface area contributed by atoms with Crippen molar-refractivity contribution in [1.29, 1.82) is 0 Å². The highest BCUT2D eigenvalue weighted by molar-refractivity contribution is 5.95. The number of unbranched alkanes of at least 4 members (excludes halogenated alkanes) is 14. The summed E-state index contributed by atoms with van der Waals surface area (Å²) in [6.45, 7) is 12.1. The number of anilines is 3. The number of carboxylic acid groups (broad SMARTS) is 1. The number of carboxylic acids is 1. The third-order valence-corrected chi connectivity index (χ3v) is 18.6. The number of benzene rings is 4. The number of azide groups is 1. The van der Waals surface area contributed by atoms with Gasteiger partial charge in [-0.15, -0.1) is 0 Å². The van der Waals surface area contributed by atoms with Crippen LogP contribution in [0, 0.1) is 0 Å². The van der Waals surface area contributed by atoms with Crippen LogP contribution in [0.2, 0.25) is 0 Å². The van der Waals surface area contributed by atoms with Crippen LogP contribution in [0.1, 0.15) is 232 Å². The number of alkyl carbamates (subject to hydrolysis) is 1. The fourth-order valence-electron chi connectivity index (χ4n) is 13.3. The first-order chi connectivity index (χ1) is 47.5. The zero-order valence-electron chi connectivity index (χ0n) is 59.2. The number of fused-ring (bicyclic) bond motifs is 1. The first kappa shape index (κ1) is 77.5. The van der Waals surface area contributed by atoms with Crippen LogP contribution in [0.15, 0.2) is 91.9 Å². The molecule has 0 radical (unpaired) electrons.